The van der Waals surface area contributed by atoms with Crippen molar-refractivity contribution in [3.63, 3.8) is 0 Å². The molecule has 1 aliphatic heterocycles. The average molecular weight is 446 g/mol. The summed E-state index contributed by atoms with van der Waals surface area (Å²) in [5.41, 5.74) is 7.05. The van der Waals surface area contributed by atoms with Gasteiger partial charge < -0.3 is 25.4 Å². The van der Waals surface area contributed by atoms with Gasteiger partial charge in [-0.3, -0.25) is 4.79 Å². The number of carbonyl (C=O) groups is 2. The van der Waals surface area contributed by atoms with Gasteiger partial charge in [-0.1, -0.05) is 0 Å². The Kier molecular flexibility index (Phi) is 7.10. The van der Waals surface area contributed by atoms with Crippen LogP contribution in [0.1, 0.15) is 50.4 Å². The van der Waals surface area contributed by atoms with E-state index >= 15 is 0 Å². The molecule has 1 aromatic heterocycles. The van der Waals surface area contributed by atoms with Gasteiger partial charge in [0.1, 0.15) is 11.4 Å². The van der Waals surface area contributed by atoms with Crippen molar-refractivity contribution in [1.82, 2.24) is 10.2 Å². The van der Waals surface area contributed by atoms with E-state index in [9.17, 15) is 9.59 Å². The maximum Gasteiger partial charge on any atom is 0.410 e. The summed E-state index contributed by atoms with van der Waals surface area (Å²) in [6, 6.07) is 9.31. The first-order chi connectivity index (χ1) is 14.7. The highest BCUT2D eigenvalue weighted by molar-refractivity contribution is 7.19. The Hall–Kier alpha value is -2.74. The normalized spacial score (nSPS) is 17.0. The Balaban J connectivity index is 1.68. The lowest BCUT2D eigenvalue weighted by Crippen LogP contribution is -2.46. The van der Waals surface area contributed by atoms with Crippen molar-refractivity contribution in [1.29, 1.82) is 0 Å². The molecule has 168 valence electrons. The number of carbonyl (C=O) groups excluding carboxylic acids is 2. The minimum atomic E-state index is -0.550. The number of nitrogens with zero attached hydrogens (tertiary/aromatic N) is 1. The molecule has 0 spiro atoms. The lowest BCUT2D eigenvalue weighted by molar-refractivity contribution is 0.0242. The summed E-state index contributed by atoms with van der Waals surface area (Å²) >= 11 is 1.38. The van der Waals surface area contributed by atoms with E-state index in [1.165, 1.54) is 11.3 Å². The molecule has 0 unspecified atom stereocenters. The molecule has 31 heavy (non-hydrogen) atoms. The summed E-state index contributed by atoms with van der Waals surface area (Å²) in [5.74, 6) is 0.554. The van der Waals surface area contributed by atoms with Gasteiger partial charge in [0.2, 0.25) is 0 Å². The zero-order chi connectivity index (χ0) is 22.6. The SMILES string of the molecule is COc1ccc(-c2cc(C(=O)N[C@H]3CCCCN(C(=O)OC(C)(C)C)C3)c(N)s2)cc1. The van der Waals surface area contributed by atoms with Gasteiger partial charge in [0.15, 0.2) is 0 Å². The van der Waals surface area contributed by atoms with E-state index in [-0.39, 0.29) is 18.0 Å². The van der Waals surface area contributed by atoms with Crippen LogP contribution in [-0.2, 0) is 4.74 Å². The lowest BCUT2D eigenvalue weighted by Gasteiger charge is -2.28. The molecule has 1 atom stereocenters. The fourth-order valence-corrected chi connectivity index (χ4v) is 4.42. The molecule has 2 aromatic rings. The van der Waals surface area contributed by atoms with Crippen LogP contribution in [0.3, 0.4) is 0 Å². The molecule has 0 radical (unpaired) electrons. The smallest absolute Gasteiger partial charge is 0.410 e. The number of amides is 2. The number of likely N-dealkylation sites (tertiary alicyclic amines) is 1. The molecule has 0 aliphatic carbocycles. The first-order valence-electron chi connectivity index (χ1n) is 10.5. The van der Waals surface area contributed by atoms with Gasteiger partial charge in [-0.25, -0.2) is 4.79 Å². The standard InChI is InChI=1S/C23H31N3O4S/c1-23(2,3)30-22(28)26-12-6-5-7-16(14-26)25-21(27)18-13-19(31-20(18)24)15-8-10-17(29-4)11-9-15/h8-11,13,16H,5-7,12,14,24H2,1-4H3,(H,25,27)/t16-/m0/s1. The molecule has 2 heterocycles. The Morgan fingerprint density at radius 3 is 2.55 bits per heavy atom. The second-order valence-corrected chi connectivity index (χ2v) is 9.79. The average Bonchev–Trinajstić information content (AvgIpc) is 2.94. The molecular weight excluding hydrogens is 414 g/mol. The van der Waals surface area contributed by atoms with Crippen LogP contribution in [0.15, 0.2) is 30.3 Å². The maximum atomic E-state index is 13.0. The lowest BCUT2D eigenvalue weighted by atomic mass is 10.1. The van der Waals surface area contributed by atoms with Crippen LogP contribution in [0.25, 0.3) is 10.4 Å². The summed E-state index contributed by atoms with van der Waals surface area (Å²) in [5, 5.41) is 3.54. The van der Waals surface area contributed by atoms with E-state index in [1.54, 1.807) is 12.0 Å². The summed E-state index contributed by atoms with van der Waals surface area (Å²) in [6.45, 7) is 6.60. The Labute approximate surface area is 187 Å². The zero-order valence-corrected chi connectivity index (χ0v) is 19.4. The van der Waals surface area contributed by atoms with E-state index in [1.807, 2.05) is 51.1 Å². The van der Waals surface area contributed by atoms with E-state index in [0.717, 1.165) is 35.5 Å². The van der Waals surface area contributed by atoms with Gasteiger partial charge >= 0.3 is 6.09 Å². The second kappa shape index (κ2) is 9.60. The zero-order valence-electron chi connectivity index (χ0n) is 18.6. The third kappa shape index (κ3) is 6.13. The number of hydrogen-bond donors (Lipinski definition) is 2. The largest absolute Gasteiger partial charge is 0.497 e. The van der Waals surface area contributed by atoms with Gasteiger partial charge in [-0.15, -0.1) is 11.3 Å². The Morgan fingerprint density at radius 2 is 1.90 bits per heavy atom. The minimum absolute atomic E-state index is 0.147. The van der Waals surface area contributed by atoms with Crippen LogP contribution < -0.4 is 15.8 Å². The number of nitrogen functional groups attached to an aromatic ring is 1. The second-order valence-electron chi connectivity index (χ2n) is 8.71. The van der Waals surface area contributed by atoms with Crippen molar-refractivity contribution in [2.24, 2.45) is 0 Å². The molecule has 8 heteroatoms. The number of rotatable bonds is 4. The molecular formula is C23H31N3O4S. The quantitative estimate of drug-likeness (QED) is 0.721. The number of methoxy groups -OCH3 is 1. The molecule has 0 saturated carbocycles. The number of nitrogens with two attached hydrogens (primary N) is 1. The molecule has 3 N–H and O–H groups in total. The number of ether oxygens (including phenoxy) is 2. The van der Waals surface area contributed by atoms with Crippen molar-refractivity contribution in [3.8, 4) is 16.2 Å². The van der Waals surface area contributed by atoms with E-state index in [4.69, 9.17) is 15.2 Å². The number of thiophene rings is 1. The third-order valence-electron chi connectivity index (χ3n) is 5.04. The number of benzene rings is 1. The van der Waals surface area contributed by atoms with Crippen LogP contribution in [0, 0.1) is 0 Å². The van der Waals surface area contributed by atoms with Gasteiger partial charge in [0.05, 0.1) is 17.7 Å². The van der Waals surface area contributed by atoms with Crippen LogP contribution in [0.4, 0.5) is 9.80 Å². The highest BCUT2D eigenvalue weighted by Crippen LogP contribution is 2.34. The molecule has 2 amide bonds. The highest BCUT2D eigenvalue weighted by Gasteiger charge is 2.28. The number of nitrogens with one attached hydrogen (secondary N) is 1. The number of hydrogen-bond acceptors (Lipinski definition) is 6. The predicted octanol–water partition coefficient (Wildman–Crippen LogP) is 4.53. The monoisotopic (exact) mass is 445 g/mol. The van der Waals surface area contributed by atoms with Crippen LogP contribution in [0.5, 0.6) is 5.75 Å². The molecule has 1 saturated heterocycles. The summed E-state index contributed by atoms with van der Waals surface area (Å²) in [7, 11) is 1.62. The van der Waals surface area contributed by atoms with Crippen molar-refractivity contribution < 1.29 is 19.1 Å². The first kappa shape index (κ1) is 22.9. The predicted molar refractivity (Wildman–Crippen MR) is 124 cm³/mol. The van der Waals surface area contributed by atoms with Crippen molar-refractivity contribution in [2.75, 3.05) is 25.9 Å². The topological polar surface area (TPSA) is 93.9 Å². The third-order valence-corrected chi connectivity index (χ3v) is 6.05. The first-order valence-corrected chi connectivity index (χ1v) is 11.3. The molecule has 1 aliphatic rings. The highest BCUT2D eigenvalue weighted by atomic mass is 32.1. The van der Waals surface area contributed by atoms with Gasteiger partial charge in [-0.05, 0) is 75.9 Å². The molecule has 1 fully saturated rings. The van der Waals surface area contributed by atoms with Crippen LogP contribution in [0.2, 0.25) is 0 Å². The van der Waals surface area contributed by atoms with E-state index in [2.05, 4.69) is 5.32 Å². The summed E-state index contributed by atoms with van der Waals surface area (Å²) in [6.07, 6.45) is 2.28. The summed E-state index contributed by atoms with van der Waals surface area (Å²) < 4.78 is 10.7. The van der Waals surface area contributed by atoms with Crippen molar-refractivity contribution in [3.05, 3.63) is 35.9 Å². The Bertz CT molecular complexity index is 918. The molecule has 1 aromatic carbocycles. The molecule has 7 nitrogen and oxygen atoms in total. The fourth-order valence-electron chi connectivity index (χ4n) is 3.50. The van der Waals surface area contributed by atoms with Crippen LogP contribution in [-0.4, -0.2) is 48.7 Å². The van der Waals surface area contributed by atoms with Crippen LogP contribution >= 0.6 is 11.3 Å². The Morgan fingerprint density at radius 1 is 1.19 bits per heavy atom. The van der Waals surface area contributed by atoms with E-state index < -0.39 is 5.60 Å². The maximum absolute atomic E-state index is 13.0. The summed E-state index contributed by atoms with van der Waals surface area (Å²) in [4.78, 5) is 28.1. The van der Waals surface area contributed by atoms with Crippen molar-refractivity contribution in [2.45, 2.75) is 51.7 Å². The minimum Gasteiger partial charge on any atom is -0.497 e. The fraction of sp³-hybridized carbons (Fsp3) is 0.478. The van der Waals surface area contributed by atoms with Gasteiger partial charge in [0.25, 0.3) is 5.91 Å². The van der Waals surface area contributed by atoms with E-state index in [0.29, 0.717) is 23.7 Å². The van der Waals surface area contributed by atoms with Crippen molar-refractivity contribution >= 4 is 28.3 Å². The van der Waals surface area contributed by atoms with Gasteiger partial charge in [0, 0.05) is 24.0 Å². The van der Waals surface area contributed by atoms with Gasteiger partial charge in [-0.2, -0.15) is 0 Å². The number of anilines is 1. The molecule has 0 bridgehead atoms. The molecule has 3 rings (SSSR count).